The molecule has 0 saturated carbocycles. The van der Waals surface area contributed by atoms with Gasteiger partial charge in [0.05, 0.1) is 0 Å². The highest BCUT2D eigenvalue weighted by Gasteiger charge is 2.11. The monoisotopic (exact) mass is 253 g/mol. The lowest BCUT2D eigenvalue weighted by atomic mass is 10.2. The maximum Gasteiger partial charge on any atom is 0.180 e. The number of nitrogens with two attached hydrogens (primary N) is 1. The van der Waals surface area contributed by atoms with Crippen LogP contribution in [-0.4, -0.2) is 20.2 Å². The second kappa shape index (κ2) is 4.75. The van der Waals surface area contributed by atoms with Crippen LogP contribution in [0.4, 0.5) is 5.82 Å². The largest absolute Gasteiger partial charge is 0.383 e. The second-order valence-electron chi connectivity index (χ2n) is 3.09. The molecule has 16 heavy (non-hydrogen) atoms. The first-order chi connectivity index (χ1) is 7.70. The van der Waals surface area contributed by atoms with Crippen molar-refractivity contribution in [3.05, 3.63) is 16.9 Å². The number of hydrogen-bond acceptors (Lipinski definition) is 7. The molecule has 0 amide bonds. The first-order valence-corrected chi connectivity index (χ1v) is 6.41. The Morgan fingerprint density at radius 1 is 1.38 bits per heavy atom. The van der Waals surface area contributed by atoms with E-state index in [1.165, 1.54) is 18.1 Å². The number of nitrogens with zero attached hydrogens (tertiary/aromatic N) is 4. The predicted octanol–water partition coefficient (Wildman–Crippen LogP) is 1.93. The number of aromatic nitrogens is 4. The van der Waals surface area contributed by atoms with Crippen LogP contribution in [0.3, 0.4) is 0 Å². The van der Waals surface area contributed by atoms with Crippen LogP contribution < -0.4 is 5.73 Å². The molecule has 0 radical (unpaired) electrons. The standard InChI is InChI=1S/C9H11N5S2/c1-3-6-7(10)11-4-12-8(6)16-9-14-13-5(2)15-9/h4H,3H2,1-2H3,(H2,10,11,12). The summed E-state index contributed by atoms with van der Waals surface area (Å²) in [6.45, 7) is 3.96. The van der Waals surface area contributed by atoms with Crippen molar-refractivity contribution in [3.63, 3.8) is 0 Å². The van der Waals surface area contributed by atoms with Crippen LogP contribution in [0, 0.1) is 6.92 Å². The van der Waals surface area contributed by atoms with Gasteiger partial charge in [0.15, 0.2) is 4.34 Å². The van der Waals surface area contributed by atoms with Crippen LogP contribution >= 0.6 is 23.1 Å². The van der Waals surface area contributed by atoms with E-state index in [2.05, 4.69) is 20.2 Å². The third kappa shape index (κ3) is 2.30. The lowest BCUT2D eigenvalue weighted by Crippen LogP contribution is -2.00. The Kier molecular flexibility index (Phi) is 3.35. The molecule has 84 valence electrons. The van der Waals surface area contributed by atoms with Crippen molar-refractivity contribution in [1.82, 2.24) is 20.2 Å². The van der Waals surface area contributed by atoms with Crippen molar-refractivity contribution in [2.75, 3.05) is 5.73 Å². The molecule has 0 aliphatic rings. The minimum absolute atomic E-state index is 0.543. The van der Waals surface area contributed by atoms with Gasteiger partial charge in [-0.3, -0.25) is 0 Å². The van der Waals surface area contributed by atoms with Crippen molar-refractivity contribution in [1.29, 1.82) is 0 Å². The van der Waals surface area contributed by atoms with Crippen molar-refractivity contribution < 1.29 is 0 Å². The fraction of sp³-hybridized carbons (Fsp3) is 0.333. The Morgan fingerprint density at radius 2 is 2.19 bits per heavy atom. The van der Waals surface area contributed by atoms with E-state index in [-0.39, 0.29) is 0 Å². The summed E-state index contributed by atoms with van der Waals surface area (Å²) >= 11 is 3.03. The van der Waals surface area contributed by atoms with E-state index in [0.29, 0.717) is 5.82 Å². The molecule has 2 heterocycles. The number of rotatable bonds is 3. The molecule has 7 heteroatoms. The summed E-state index contributed by atoms with van der Waals surface area (Å²) < 4.78 is 0.880. The molecule has 0 aromatic carbocycles. The zero-order valence-electron chi connectivity index (χ0n) is 8.97. The second-order valence-corrected chi connectivity index (χ2v) is 5.50. The maximum atomic E-state index is 5.79. The van der Waals surface area contributed by atoms with Crippen LogP contribution in [0.25, 0.3) is 0 Å². The lowest BCUT2D eigenvalue weighted by molar-refractivity contribution is 0.943. The van der Waals surface area contributed by atoms with Gasteiger partial charge in [0.1, 0.15) is 22.2 Å². The Bertz CT molecular complexity index is 496. The third-order valence-corrected chi connectivity index (χ3v) is 3.92. The molecule has 0 spiro atoms. The van der Waals surface area contributed by atoms with Crippen molar-refractivity contribution in [2.24, 2.45) is 0 Å². The van der Waals surface area contributed by atoms with Gasteiger partial charge in [0.2, 0.25) is 0 Å². The molecule has 2 aromatic rings. The van der Waals surface area contributed by atoms with E-state index in [1.807, 2.05) is 13.8 Å². The molecule has 2 rings (SSSR count). The molecular formula is C9H11N5S2. The van der Waals surface area contributed by atoms with Crippen LogP contribution in [0.15, 0.2) is 15.7 Å². The van der Waals surface area contributed by atoms with Gasteiger partial charge in [-0.05, 0) is 25.1 Å². The van der Waals surface area contributed by atoms with Crippen LogP contribution in [0.2, 0.25) is 0 Å². The average Bonchev–Trinajstić information content (AvgIpc) is 2.64. The van der Waals surface area contributed by atoms with E-state index in [4.69, 9.17) is 5.73 Å². The average molecular weight is 253 g/mol. The minimum atomic E-state index is 0.543. The van der Waals surface area contributed by atoms with Gasteiger partial charge in [-0.25, -0.2) is 9.97 Å². The Balaban J connectivity index is 2.30. The fourth-order valence-electron chi connectivity index (χ4n) is 1.23. The molecule has 0 unspecified atom stereocenters. The molecule has 0 atom stereocenters. The van der Waals surface area contributed by atoms with Crippen molar-refractivity contribution in [2.45, 2.75) is 29.6 Å². The van der Waals surface area contributed by atoms with E-state index in [1.54, 1.807) is 11.3 Å². The molecule has 2 N–H and O–H groups in total. The van der Waals surface area contributed by atoms with Gasteiger partial charge < -0.3 is 5.73 Å². The zero-order valence-corrected chi connectivity index (χ0v) is 10.6. The summed E-state index contributed by atoms with van der Waals surface area (Å²) in [6, 6.07) is 0. The van der Waals surface area contributed by atoms with Gasteiger partial charge in [-0.2, -0.15) is 0 Å². The van der Waals surface area contributed by atoms with Crippen LogP contribution in [0.5, 0.6) is 0 Å². The smallest absolute Gasteiger partial charge is 0.180 e. The van der Waals surface area contributed by atoms with E-state index >= 15 is 0 Å². The Labute approximate surface area is 102 Å². The summed E-state index contributed by atoms with van der Waals surface area (Å²) in [6.07, 6.45) is 2.29. The van der Waals surface area contributed by atoms with Crippen molar-refractivity contribution in [3.8, 4) is 0 Å². The lowest BCUT2D eigenvalue weighted by Gasteiger charge is -2.05. The van der Waals surface area contributed by atoms with Crippen LogP contribution in [0.1, 0.15) is 17.5 Å². The fourth-order valence-corrected chi connectivity index (χ4v) is 3.13. The van der Waals surface area contributed by atoms with Gasteiger partial charge in [0.25, 0.3) is 0 Å². The highest BCUT2D eigenvalue weighted by Crippen LogP contribution is 2.32. The van der Waals surface area contributed by atoms with Gasteiger partial charge in [-0.1, -0.05) is 18.3 Å². The van der Waals surface area contributed by atoms with Crippen LogP contribution in [-0.2, 0) is 6.42 Å². The number of hydrogen-bond donors (Lipinski definition) is 1. The molecule has 5 nitrogen and oxygen atoms in total. The van der Waals surface area contributed by atoms with E-state index in [0.717, 1.165) is 26.4 Å². The zero-order chi connectivity index (χ0) is 11.5. The highest BCUT2D eigenvalue weighted by molar-refractivity contribution is 8.01. The Hall–Kier alpha value is -1.21. The van der Waals surface area contributed by atoms with Crippen molar-refractivity contribution >= 4 is 28.9 Å². The topological polar surface area (TPSA) is 77.6 Å². The first-order valence-electron chi connectivity index (χ1n) is 4.78. The third-order valence-electron chi connectivity index (χ3n) is 1.98. The summed E-state index contributed by atoms with van der Waals surface area (Å²) in [5.74, 6) is 0.543. The molecule has 0 fully saturated rings. The molecule has 2 aromatic heterocycles. The van der Waals surface area contributed by atoms with E-state index < -0.39 is 0 Å². The molecule has 0 bridgehead atoms. The Morgan fingerprint density at radius 3 is 2.81 bits per heavy atom. The van der Waals surface area contributed by atoms with Gasteiger partial charge >= 0.3 is 0 Å². The summed E-state index contributed by atoms with van der Waals surface area (Å²) in [4.78, 5) is 8.20. The van der Waals surface area contributed by atoms with E-state index in [9.17, 15) is 0 Å². The predicted molar refractivity (Wildman–Crippen MR) is 64.6 cm³/mol. The number of nitrogen functional groups attached to an aromatic ring is 1. The minimum Gasteiger partial charge on any atom is -0.383 e. The summed E-state index contributed by atoms with van der Waals surface area (Å²) in [5.41, 5.74) is 6.77. The molecule has 0 aliphatic heterocycles. The summed E-state index contributed by atoms with van der Waals surface area (Å²) in [5, 5.41) is 9.82. The normalized spacial score (nSPS) is 10.6. The molecule has 0 aliphatic carbocycles. The number of aryl methyl sites for hydroxylation is 1. The summed E-state index contributed by atoms with van der Waals surface area (Å²) in [7, 11) is 0. The highest BCUT2D eigenvalue weighted by atomic mass is 32.2. The molecule has 0 saturated heterocycles. The van der Waals surface area contributed by atoms with Gasteiger partial charge in [-0.15, -0.1) is 10.2 Å². The quantitative estimate of drug-likeness (QED) is 0.842. The number of anilines is 1. The maximum absolute atomic E-state index is 5.79. The van der Waals surface area contributed by atoms with Gasteiger partial charge in [0, 0.05) is 5.56 Å². The first kappa shape index (κ1) is 11.3. The molecular weight excluding hydrogens is 242 g/mol. The SMILES string of the molecule is CCc1c(N)ncnc1Sc1nnc(C)s1.